The Bertz CT molecular complexity index is 968. The fourth-order valence-electron chi connectivity index (χ4n) is 3.83. The first-order chi connectivity index (χ1) is 14.3. The van der Waals surface area contributed by atoms with E-state index in [-0.39, 0.29) is 16.8 Å². The topological polar surface area (TPSA) is 82.6 Å². The fourth-order valence-corrected chi connectivity index (χ4v) is 5.25. The highest BCUT2D eigenvalue weighted by Crippen LogP contribution is 2.26. The Morgan fingerprint density at radius 3 is 2.37 bits per heavy atom. The van der Waals surface area contributed by atoms with Gasteiger partial charge in [0.15, 0.2) is 0 Å². The summed E-state index contributed by atoms with van der Waals surface area (Å²) in [4.78, 5) is 19.0. The van der Waals surface area contributed by atoms with E-state index in [9.17, 15) is 13.2 Å². The second-order valence-electron chi connectivity index (χ2n) is 7.90. The maximum Gasteiger partial charge on any atom is 0.251 e. The van der Waals surface area contributed by atoms with Crippen LogP contribution in [0.15, 0.2) is 47.5 Å². The van der Waals surface area contributed by atoms with E-state index in [1.54, 1.807) is 25.4 Å². The van der Waals surface area contributed by atoms with E-state index in [0.717, 1.165) is 37.1 Å². The molecule has 1 aliphatic rings. The molecule has 0 spiro atoms. The monoisotopic (exact) mass is 430 g/mol. The van der Waals surface area contributed by atoms with Gasteiger partial charge in [-0.25, -0.2) is 13.4 Å². The van der Waals surface area contributed by atoms with Crippen LogP contribution in [0.4, 0.5) is 5.82 Å². The predicted octanol–water partition coefficient (Wildman–Crippen LogP) is 3.03. The van der Waals surface area contributed by atoms with E-state index in [1.807, 2.05) is 31.1 Å². The van der Waals surface area contributed by atoms with Crippen LogP contribution in [0, 0.1) is 0 Å². The molecule has 7 nitrogen and oxygen atoms in total. The van der Waals surface area contributed by atoms with Crippen molar-refractivity contribution in [3.63, 3.8) is 0 Å². The van der Waals surface area contributed by atoms with Crippen LogP contribution in [0.25, 0.3) is 0 Å². The largest absolute Gasteiger partial charge is 0.362 e. The van der Waals surface area contributed by atoms with Crippen LogP contribution in [-0.2, 0) is 16.6 Å². The first-order valence-electron chi connectivity index (χ1n) is 10.3. The second kappa shape index (κ2) is 9.57. The molecule has 1 aromatic carbocycles. The molecule has 0 unspecified atom stereocenters. The van der Waals surface area contributed by atoms with Crippen molar-refractivity contribution in [1.29, 1.82) is 0 Å². The van der Waals surface area contributed by atoms with Gasteiger partial charge in [-0.05, 0) is 43.2 Å². The van der Waals surface area contributed by atoms with Crippen LogP contribution in [0.5, 0.6) is 0 Å². The molecule has 1 saturated carbocycles. The number of hydrogen-bond donors (Lipinski definition) is 1. The summed E-state index contributed by atoms with van der Waals surface area (Å²) in [6.45, 7) is 0.338. The Labute approximate surface area is 179 Å². The number of nitrogens with one attached hydrogen (secondary N) is 1. The number of anilines is 1. The summed E-state index contributed by atoms with van der Waals surface area (Å²) >= 11 is 0. The number of hydrogen-bond acceptors (Lipinski definition) is 5. The summed E-state index contributed by atoms with van der Waals surface area (Å²) in [6.07, 6.45) is 6.82. The molecule has 0 saturated heterocycles. The van der Waals surface area contributed by atoms with E-state index >= 15 is 0 Å². The van der Waals surface area contributed by atoms with E-state index < -0.39 is 10.0 Å². The second-order valence-corrected chi connectivity index (χ2v) is 9.90. The molecule has 1 heterocycles. The lowest BCUT2D eigenvalue weighted by atomic mass is 9.96. The van der Waals surface area contributed by atoms with Gasteiger partial charge in [0.25, 0.3) is 5.91 Å². The molecular formula is C22H30N4O3S. The highest BCUT2D eigenvalue weighted by atomic mass is 32.2. The molecule has 8 heteroatoms. The molecule has 3 rings (SSSR count). The zero-order valence-electron chi connectivity index (χ0n) is 17.8. The zero-order valence-corrected chi connectivity index (χ0v) is 18.7. The number of amides is 1. The van der Waals surface area contributed by atoms with E-state index in [1.165, 1.54) is 22.9 Å². The quantitative estimate of drug-likeness (QED) is 0.730. The smallest absolute Gasteiger partial charge is 0.251 e. The van der Waals surface area contributed by atoms with E-state index in [4.69, 9.17) is 0 Å². The summed E-state index contributed by atoms with van der Waals surface area (Å²) in [5.74, 6) is 0.540. The van der Waals surface area contributed by atoms with Gasteiger partial charge in [-0.2, -0.15) is 4.31 Å². The van der Waals surface area contributed by atoms with Crippen LogP contribution < -0.4 is 10.2 Å². The Kier molecular flexibility index (Phi) is 7.10. The molecule has 0 radical (unpaired) electrons. The molecule has 1 aromatic heterocycles. The van der Waals surface area contributed by atoms with Crippen LogP contribution in [0.3, 0.4) is 0 Å². The Balaban J connectivity index is 1.67. The van der Waals surface area contributed by atoms with Gasteiger partial charge in [-0.15, -0.1) is 0 Å². The van der Waals surface area contributed by atoms with Crippen molar-refractivity contribution in [2.45, 2.75) is 49.6 Å². The number of nitrogens with zero attached hydrogens (tertiary/aromatic N) is 3. The molecule has 1 aliphatic carbocycles. The minimum Gasteiger partial charge on any atom is -0.362 e. The van der Waals surface area contributed by atoms with Crippen LogP contribution >= 0.6 is 0 Å². The average molecular weight is 431 g/mol. The van der Waals surface area contributed by atoms with E-state index in [0.29, 0.717) is 12.1 Å². The normalized spacial score (nSPS) is 15.2. The number of carbonyl (C=O) groups excluding carboxylic acids is 1. The number of sulfonamides is 1. The lowest BCUT2D eigenvalue weighted by molar-refractivity contribution is 0.0951. The van der Waals surface area contributed by atoms with Crippen LogP contribution in [0.1, 0.15) is 48.0 Å². The van der Waals surface area contributed by atoms with Gasteiger partial charge in [0.1, 0.15) is 5.82 Å². The maximum atomic E-state index is 12.9. The number of benzene rings is 1. The van der Waals surface area contributed by atoms with Crippen molar-refractivity contribution >= 4 is 21.7 Å². The lowest BCUT2D eigenvalue weighted by Crippen LogP contribution is -2.38. The minimum atomic E-state index is -3.56. The average Bonchev–Trinajstić information content (AvgIpc) is 2.77. The summed E-state index contributed by atoms with van der Waals surface area (Å²) in [5, 5.41) is 2.88. The molecule has 1 amide bonds. The van der Waals surface area contributed by atoms with Gasteiger partial charge < -0.3 is 10.2 Å². The zero-order chi connectivity index (χ0) is 21.7. The number of pyridine rings is 1. The number of carbonyl (C=O) groups is 1. The Morgan fingerprint density at radius 1 is 1.07 bits per heavy atom. The molecule has 0 atom stereocenters. The summed E-state index contributed by atoms with van der Waals surface area (Å²) in [6, 6.07) is 9.95. The first kappa shape index (κ1) is 22.2. The minimum absolute atomic E-state index is 0.0529. The molecule has 0 aliphatic heterocycles. The number of aromatic nitrogens is 1. The molecule has 1 N–H and O–H groups in total. The summed E-state index contributed by atoms with van der Waals surface area (Å²) < 4.78 is 27.4. The van der Waals surface area contributed by atoms with Crippen molar-refractivity contribution in [2.24, 2.45) is 0 Å². The molecule has 1 fully saturated rings. The van der Waals surface area contributed by atoms with Gasteiger partial charge in [-0.1, -0.05) is 25.3 Å². The van der Waals surface area contributed by atoms with Gasteiger partial charge in [0.05, 0.1) is 4.90 Å². The predicted molar refractivity (Wildman–Crippen MR) is 118 cm³/mol. The maximum absolute atomic E-state index is 12.9. The third-order valence-corrected chi connectivity index (χ3v) is 7.54. The van der Waals surface area contributed by atoms with Crippen molar-refractivity contribution in [3.8, 4) is 0 Å². The van der Waals surface area contributed by atoms with E-state index in [2.05, 4.69) is 10.3 Å². The summed E-state index contributed by atoms with van der Waals surface area (Å²) in [5.41, 5.74) is 1.33. The van der Waals surface area contributed by atoms with Gasteiger partial charge in [-0.3, -0.25) is 4.79 Å². The molecule has 2 aromatic rings. The third-order valence-electron chi connectivity index (χ3n) is 5.61. The fraction of sp³-hybridized carbons (Fsp3) is 0.455. The standard InChI is InChI=1S/C22H30N4O3S/c1-25(2)21-18(8-7-15-23-21)16-24-22(27)17-11-13-20(14-12-17)30(28,29)26(3)19-9-5-4-6-10-19/h7-8,11-15,19H,4-6,9-10,16H2,1-3H3,(H,24,27). The van der Waals surface area contributed by atoms with Crippen molar-refractivity contribution in [3.05, 3.63) is 53.7 Å². The van der Waals surface area contributed by atoms with Crippen molar-refractivity contribution in [2.75, 3.05) is 26.0 Å². The molecule has 30 heavy (non-hydrogen) atoms. The van der Waals surface area contributed by atoms with Gasteiger partial charge in [0.2, 0.25) is 10.0 Å². The molecular weight excluding hydrogens is 400 g/mol. The lowest BCUT2D eigenvalue weighted by Gasteiger charge is -2.30. The van der Waals surface area contributed by atoms with Crippen molar-refractivity contribution < 1.29 is 13.2 Å². The highest BCUT2D eigenvalue weighted by molar-refractivity contribution is 7.89. The molecule has 162 valence electrons. The third kappa shape index (κ3) is 4.99. The number of rotatable bonds is 7. The first-order valence-corrected chi connectivity index (χ1v) is 11.7. The SMILES string of the molecule is CN(C)c1ncccc1CNC(=O)c1ccc(S(=O)(=O)N(C)C2CCCCC2)cc1. The van der Waals surface area contributed by atoms with Gasteiger partial charge >= 0.3 is 0 Å². The highest BCUT2D eigenvalue weighted by Gasteiger charge is 2.29. The Morgan fingerprint density at radius 2 is 1.73 bits per heavy atom. The van der Waals surface area contributed by atoms with Crippen molar-refractivity contribution in [1.82, 2.24) is 14.6 Å². The van der Waals surface area contributed by atoms with Crippen LogP contribution in [0.2, 0.25) is 0 Å². The van der Waals surface area contributed by atoms with Gasteiger partial charge in [0, 0.05) is 51.1 Å². The summed E-state index contributed by atoms with van der Waals surface area (Å²) in [7, 11) is 1.89. The van der Waals surface area contributed by atoms with Crippen LogP contribution in [-0.4, -0.2) is 50.8 Å². The molecule has 0 bridgehead atoms. The Hall–Kier alpha value is -2.45.